The second-order valence-electron chi connectivity index (χ2n) is 5.02. The minimum absolute atomic E-state index is 0.164. The summed E-state index contributed by atoms with van der Waals surface area (Å²) in [4.78, 5) is 13.4. The molecular formula is C11H20N2O. The van der Waals surface area contributed by atoms with Crippen molar-refractivity contribution in [1.29, 1.82) is 0 Å². The SMILES string of the molecule is CC1CCC(N2CC(N)C2=O)CC1C. The van der Waals surface area contributed by atoms with Gasteiger partial charge in [0.25, 0.3) is 0 Å². The van der Waals surface area contributed by atoms with E-state index in [-0.39, 0.29) is 11.9 Å². The highest BCUT2D eigenvalue weighted by Crippen LogP contribution is 2.33. The second kappa shape index (κ2) is 3.54. The van der Waals surface area contributed by atoms with Gasteiger partial charge in [-0.3, -0.25) is 4.79 Å². The Bertz CT molecular complexity index is 241. The van der Waals surface area contributed by atoms with Crippen molar-refractivity contribution >= 4 is 5.91 Å². The van der Waals surface area contributed by atoms with Gasteiger partial charge in [-0.2, -0.15) is 0 Å². The van der Waals surface area contributed by atoms with E-state index < -0.39 is 0 Å². The Hall–Kier alpha value is -0.570. The van der Waals surface area contributed by atoms with Crippen molar-refractivity contribution in [3.8, 4) is 0 Å². The number of β-lactam (4-membered cyclic amide) rings is 1. The summed E-state index contributed by atoms with van der Waals surface area (Å²) in [5.74, 6) is 1.73. The number of hydrogen-bond acceptors (Lipinski definition) is 2. The predicted molar refractivity (Wildman–Crippen MR) is 55.7 cm³/mol. The van der Waals surface area contributed by atoms with Gasteiger partial charge in [-0.25, -0.2) is 0 Å². The molecule has 0 radical (unpaired) electrons. The van der Waals surface area contributed by atoms with Crippen molar-refractivity contribution in [2.45, 2.75) is 45.2 Å². The van der Waals surface area contributed by atoms with Gasteiger partial charge in [-0.15, -0.1) is 0 Å². The lowest BCUT2D eigenvalue weighted by Crippen LogP contribution is -2.64. The zero-order valence-electron chi connectivity index (χ0n) is 9.07. The molecule has 4 unspecified atom stereocenters. The van der Waals surface area contributed by atoms with Crippen molar-refractivity contribution in [3.05, 3.63) is 0 Å². The number of nitrogens with zero attached hydrogens (tertiary/aromatic N) is 1. The van der Waals surface area contributed by atoms with E-state index in [1.807, 2.05) is 4.90 Å². The van der Waals surface area contributed by atoms with Crippen LogP contribution in [0.5, 0.6) is 0 Å². The molecule has 14 heavy (non-hydrogen) atoms. The Balaban J connectivity index is 1.91. The van der Waals surface area contributed by atoms with Crippen LogP contribution in [0.25, 0.3) is 0 Å². The molecule has 1 amide bonds. The fourth-order valence-corrected chi connectivity index (χ4v) is 2.61. The van der Waals surface area contributed by atoms with Crippen LogP contribution < -0.4 is 5.73 Å². The molecule has 80 valence electrons. The molecule has 1 saturated carbocycles. The largest absolute Gasteiger partial charge is 0.336 e. The minimum Gasteiger partial charge on any atom is -0.336 e. The van der Waals surface area contributed by atoms with Crippen LogP contribution in [-0.4, -0.2) is 29.4 Å². The molecule has 0 aromatic rings. The van der Waals surface area contributed by atoms with Gasteiger partial charge in [0, 0.05) is 12.6 Å². The lowest BCUT2D eigenvalue weighted by atomic mass is 9.77. The Labute approximate surface area is 85.6 Å². The molecule has 1 aliphatic heterocycles. The van der Waals surface area contributed by atoms with Crippen LogP contribution in [0.15, 0.2) is 0 Å². The first-order valence-electron chi connectivity index (χ1n) is 5.65. The Morgan fingerprint density at radius 3 is 2.50 bits per heavy atom. The van der Waals surface area contributed by atoms with E-state index in [9.17, 15) is 4.79 Å². The van der Waals surface area contributed by atoms with Crippen LogP contribution in [0.1, 0.15) is 33.1 Å². The smallest absolute Gasteiger partial charge is 0.241 e. The average Bonchev–Trinajstić information content (AvgIpc) is 2.18. The highest BCUT2D eigenvalue weighted by atomic mass is 16.2. The number of likely N-dealkylation sites (tertiary alicyclic amines) is 1. The van der Waals surface area contributed by atoms with Gasteiger partial charge in [0.15, 0.2) is 0 Å². The predicted octanol–water partition coefficient (Wildman–Crippen LogP) is 0.981. The molecule has 4 atom stereocenters. The van der Waals surface area contributed by atoms with E-state index in [4.69, 9.17) is 5.73 Å². The molecule has 0 bridgehead atoms. The molecule has 1 heterocycles. The maximum absolute atomic E-state index is 11.4. The fraction of sp³-hybridized carbons (Fsp3) is 0.909. The van der Waals surface area contributed by atoms with E-state index in [2.05, 4.69) is 13.8 Å². The first kappa shape index (κ1) is 9.97. The third-order valence-electron chi connectivity index (χ3n) is 4.00. The average molecular weight is 196 g/mol. The lowest BCUT2D eigenvalue weighted by Gasteiger charge is -2.46. The van der Waals surface area contributed by atoms with E-state index in [0.717, 1.165) is 18.4 Å². The highest BCUT2D eigenvalue weighted by molar-refractivity contribution is 5.87. The minimum atomic E-state index is -0.204. The first-order valence-corrected chi connectivity index (χ1v) is 5.65. The van der Waals surface area contributed by atoms with E-state index in [0.29, 0.717) is 6.04 Å². The maximum atomic E-state index is 11.4. The van der Waals surface area contributed by atoms with Crippen molar-refractivity contribution in [2.75, 3.05) is 6.54 Å². The molecule has 0 spiro atoms. The number of nitrogens with two attached hydrogens (primary N) is 1. The number of hydrogen-bond donors (Lipinski definition) is 1. The molecule has 3 heteroatoms. The monoisotopic (exact) mass is 196 g/mol. The van der Waals surface area contributed by atoms with Crippen molar-refractivity contribution in [3.63, 3.8) is 0 Å². The van der Waals surface area contributed by atoms with Gasteiger partial charge in [0.05, 0.1) is 0 Å². The van der Waals surface area contributed by atoms with Crippen LogP contribution in [0, 0.1) is 11.8 Å². The van der Waals surface area contributed by atoms with Crippen molar-refractivity contribution in [2.24, 2.45) is 17.6 Å². The zero-order chi connectivity index (χ0) is 10.3. The van der Waals surface area contributed by atoms with Crippen LogP contribution >= 0.6 is 0 Å². The van der Waals surface area contributed by atoms with Crippen LogP contribution in [0.2, 0.25) is 0 Å². The molecule has 3 nitrogen and oxygen atoms in total. The maximum Gasteiger partial charge on any atom is 0.241 e. The number of rotatable bonds is 1. The van der Waals surface area contributed by atoms with Gasteiger partial charge in [0.1, 0.15) is 6.04 Å². The third kappa shape index (κ3) is 1.54. The van der Waals surface area contributed by atoms with Crippen molar-refractivity contribution in [1.82, 2.24) is 4.90 Å². The molecule has 1 saturated heterocycles. The van der Waals surface area contributed by atoms with Gasteiger partial charge >= 0.3 is 0 Å². The standard InChI is InChI=1S/C11H20N2O/c1-7-3-4-9(5-8(7)2)13-6-10(12)11(13)14/h7-10H,3-6,12H2,1-2H3. The molecular weight excluding hydrogens is 176 g/mol. The highest BCUT2D eigenvalue weighted by Gasteiger charge is 2.40. The van der Waals surface area contributed by atoms with Gasteiger partial charge in [-0.05, 0) is 31.1 Å². The van der Waals surface area contributed by atoms with E-state index >= 15 is 0 Å². The Morgan fingerprint density at radius 1 is 1.29 bits per heavy atom. The first-order chi connectivity index (χ1) is 6.59. The summed E-state index contributed by atoms with van der Waals surface area (Å²) >= 11 is 0. The van der Waals surface area contributed by atoms with Crippen LogP contribution in [0.4, 0.5) is 0 Å². The molecule has 1 aliphatic carbocycles. The van der Waals surface area contributed by atoms with Crippen LogP contribution in [-0.2, 0) is 4.79 Å². The number of carbonyl (C=O) groups is 1. The summed E-state index contributed by atoms with van der Waals surface area (Å²) in [6.07, 6.45) is 3.59. The van der Waals surface area contributed by atoms with Crippen LogP contribution in [0.3, 0.4) is 0 Å². The second-order valence-corrected chi connectivity index (χ2v) is 5.02. The molecule has 0 aromatic heterocycles. The third-order valence-corrected chi connectivity index (χ3v) is 4.00. The van der Waals surface area contributed by atoms with Crippen molar-refractivity contribution < 1.29 is 4.79 Å². The van der Waals surface area contributed by atoms with Gasteiger partial charge < -0.3 is 10.6 Å². The van der Waals surface area contributed by atoms with E-state index in [1.54, 1.807) is 0 Å². The Kier molecular flexibility index (Phi) is 2.52. The normalized spacial score (nSPS) is 43.6. The topological polar surface area (TPSA) is 46.3 Å². The zero-order valence-corrected chi connectivity index (χ0v) is 9.07. The molecule has 2 fully saturated rings. The molecule has 0 aromatic carbocycles. The number of amides is 1. The summed E-state index contributed by atoms with van der Waals surface area (Å²) in [6, 6.07) is 0.276. The molecule has 2 aliphatic rings. The summed E-state index contributed by atoms with van der Waals surface area (Å²) in [5, 5.41) is 0. The Morgan fingerprint density at radius 2 is 2.00 bits per heavy atom. The van der Waals surface area contributed by atoms with Gasteiger partial charge in [-0.1, -0.05) is 13.8 Å². The molecule has 2 rings (SSSR count). The quantitative estimate of drug-likeness (QED) is 0.635. The molecule has 2 N–H and O–H groups in total. The summed E-state index contributed by atoms with van der Waals surface area (Å²) in [7, 11) is 0. The lowest BCUT2D eigenvalue weighted by molar-refractivity contribution is -0.147. The van der Waals surface area contributed by atoms with Gasteiger partial charge in [0.2, 0.25) is 5.91 Å². The summed E-state index contributed by atoms with van der Waals surface area (Å²) < 4.78 is 0. The fourth-order valence-electron chi connectivity index (χ4n) is 2.61. The summed E-state index contributed by atoms with van der Waals surface area (Å²) in [6.45, 7) is 5.39. The number of carbonyl (C=O) groups excluding carboxylic acids is 1. The van der Waals surface area contributed by atoms with E-state index in [1.165, 1.54) is 19.3 Å². The summed E-state index contributed by atoms with van der Waals surface area (Å²) in [5.41, 5.74) is 5.59.